The van der Waals surface area contributed by atoms with Crippen LogP contribution in [0, 0.1) is 0 Å². The second-order valence-electron chi connectivity index (χ2n) is 4.35. The van der Waals surface area contributed by atoms with E-state index in [2.05, 4.69) is 16.5 Å². The Morgan fingerprint density at radius 2 is 2.47 bits per heavy atom. The highest BCUT2D eigenvalue weighted by Gasteiger charge is 2.26. The van der Waals surface area contributed by atoms with Crippen LogP contribution >= 0.6 is 11.5 Å². The minimum atomic E-state index is -0.386. The van der Waals surface area contributed by atoms with Gasteiger partial charge in [-0.05, 0) is 30.8 Å². The largest absolute Gasteiger partial charge is 0.391 e. The van der Waals surface area contributed by atoms with Gasteiger partial charge in [0.15, 0.2) is 0 Å². The fraction of sp³-hybridized carbons (Fsp3) is 0.727. The Balaban J connectivity index is 2.10. The molecule has 1 aromatic rings. The lowest BCUT2D eigenvalue weighted by Crippen LogP contribution is -2.42. The molecule has 5 nitrogen and oxygen atoms in total. The number of carbonyl (C=O) groups excluding carboxylic acids is 1. The van der Waals surface area contributed by atoms with E-state index < -0.39 is 0 Å². The monoisotopic (exact) mass is 255 g/mol. The summed E-state index contributed by atoms with van der Waals surface area (Å²) in [6.07, 6.45) is 3.00. The van der Waals surface area contributed by atoms with E-state index in [9.17, 15) is 9.90 Å². The van der Waals surface area contributed by atoms with Gasteiger partial charge in [-0.25, -0.2) is 0 Å². The smallest absolute Gasteiger partial charge is 0.267 e. The molecule has 1 aliphatic rings. The van der Waals surface area contributed by atoms with Crippen molar-refractivity contribution in [1.29, 1.82) is 0 Å². The maximum atomic E-state index is 12.2. The lowest BCUT2D eigenvalue weighted by molar-refractivity contribution is 0.0476. The zero-order valence-electron chi connectivity index (χ0n) is 9.93. The first-order valence-corrected chi connectivity index (χ1v) is 6.78. The van der Waals surface area contributed by atoms with Crippen molar-refractivity contribution >= 4 is 17.4 Å². The van der Waals surface area contributed by atoms with Crippen molar-refractivity contribution in [2.45, 2.75) is 38.7 Å². The van der Waals surface area contributed by atoms with E-state index in [-0.39, 0.29) is 12.0 Å². The quantitative estimate of drug-likeness (QED) is 0.878. The summed E-state index contributed by atoms with van der Waals surface area (Å²) in [6, 6.07) is 0. The van der Waals surface area contributed by atoms with Crippen molar-refractivity contribution < 1.29 is 9.90 Å². The van der Waals surface area contributed by atoms with Crippen molar-refractivity contribution in [3.63, 3.8) is 0 Å². The summed E-state index contributed by atoms with van der Waals surface area (Å²) in [5.41, 5.74) is 0.794. The molecular weight excluding hydrogens is 238 g/mol. The van der Waals surface area contributed by atoms with E-state index in [1.165, 1.54) is 0 Å². The molecule has 94 valence electrons. The molecule has 1 N–H and O–H groups in total. The topological polar surface area (TPSA) is 66.3 Å². The van der Waals surface area contributed by atoms with Crippen molar-refractivity contribution in [2.24, 2.45) is 0 Å². The van der Waals surface area contributed by atoms with Gasteiger partial charge in [-0.1, -0.05) is 17.8 Å². The molecule has 1 aromatic heterocycles. The molecule has 1 aliphatic heterocycles. The normalized spacial score (nSPS) is 20.6. The van der Waals surface area contributed by atoms with Crippen LogP contribution in [0.25, 0.3) is 0 Å². The number of aliphatic hydroxyl groups is 1. The van der Waals surface area contributed by atoms with E-state index in [0.29, 0.717) is 11.4 Å². The Kier molecular flexibility index (Phi) is 4.06. The molecule has 1 saturated heterocycles. The molecule has 0 aromatic carbocycles. The van der Waals surface area contributed by atoms with Gasteiger partial charge in [0.05, 0.1) is 11.8 Å². The number of rotatable bonds is 3. The number of likely N-dealkylation sites (tertiary alicyclic amines) is 1. The molecule has 1 fully saturated rings. The van der Waals surface area contributed by atoms with Crippen LogP contribution in [0.15, 0.2) is 0 Å². The summed E-state index contributed by atoms with van der Waals surface area (Å²) in [5.74, 6) is -0.0257. The summed E-state index contributed by atoms with van der Waals surface area (Å²) in [4.78, 5) is 14.6. The molecule has 0 unspecified atom stereocenters. The number of nitrogens with zero attached hydrogens (tertiary/aromatic N) is 3. The summed E-state index contributed by atoms with van der Waals surface area (Å²) >= 11 is 1.16. The van der Waals surface area contributed by atoms with Crippen LogP contribution in [0.2, 0.25) is 0 Å². The second kappa shape index (κ2) is 5.55. The summed E-state index contributed by atoms with van der Waals surface area (Å²) in [5, 5.41) is 13.6. The number of carbonyl (C=O) groups is 1. The third kappa shape index (κ3) is 2.81. The number of hydrogen-bond acceptors (Lipinski definition) is 5. The third-order valence-corrected chi connectivity index (χ3v) is 3.68. The van der Waals surface area contributed by atoms with Gasteiger partial charge in [0, 0.05) is 13.1 Å². The summed E-state index contributed by atoms with van der Waals surface area (Å²) < 4.78 is 3.86. The lowest BCUT2D eigenvalue weighted by atomic mass is 10.1. The Labute approximate surface area is 105 Å². The highest BCUT2D eigenvalue weighted by Crippen LogP contribution is 2.18. The average molecular weight is 255 g/mol. The molecule has 0 spiro atoms. The van der Waals surface area contributed by atoms with Gasteiger partial charge < -0.3 is 10.0 Å². The maximum Gasteiger partial charge on any atom is 0.267 e. The number of piperidine rings is 1. The number of amides is 1. The molecule has 17 heavy (non-hydrogen) atoms. The van der Waals surface area contributed by atoms with E-state index >= 15 is 0 Å². The number of β-amino-alcohol motifs (C(OH)–C–C–N with tert-alkyl or cyclic N) is 1. The van der Waals surface area contributed by atoms with Crippen LogP contribution in [0.4, 0.5) is 0 Å². The Bertz CT molecular complexity index is 394. The van der Waals surface area contributed by atoms with Crippen molar-refractivity contribution in [3.8, 4) is 0 Å². The van der Waals surface area contributed by atoms with Gasteiger partial charge in [-0.3, -0.25) is 4.79 Å². The zero-order valence-corrected chi connectivity index (χ0v) is 10.7. The van der Waals surface area contributed by atoms with Crippen molar-refractivity contribution in [2.75, 3.05) is 13.1 Å². The zero-order chi connectivity index (χ0) is 12.3. The molecule has 0 saturated carbocycles. The first-order valence-electron chi connectivity index (χ1n) is 6.01. The molecule has 1 amide bonds. The molecular formula is C11H17N3O2S. The van der Waals surface area contributed by atoms with Gasteiger partial charge in [0.2, 0.25) is 0 Å². The van der Waals surface area contributed by atoms with Crippen LogP contribution in [0.5, 0.6) is 0 Å². The van der Waals surface area contributed by atoms with E-state index in [4.69, 9.17) is 0 Å². The van der Waals surface area contributed by atoms with E-state index in [0.717, 1.165) is 49.5 Å². The number of aryl methyl sites for hydroxylation is 1. The van der Waals surface area contributed by atoms with Crippen LogP contribution in [0.3, 0.4) is 0 Å². The molecule has 2 heterocycles. The first-order chi connectivity index (χ1) is 8.22. The van der Waals surface area contributed by atoms with Crippen LogP contribution in [-0.2, 0) is 6.42 Å². The molecule has 0 radical (unpaired) electrons. The molecule has 1 atom stereocenters. The van der Waals surface area contributed by atoms with Gasteiger partial charge in [-0.2, -0.15) is 0 Å². The van der Waals surface area contributed by atoms with Gasteiger partial charge in [-0.15, -0.1) is 5.10 Å². The maximum absolute atomic E-state index is 12.2. The van der Waals surface area contributed by atoms with Crippen molar-refractivity contribution in [1.82, 2.24) is 14.5 Å². The van der Waals surface area contributed by atoms with Gasteiger partial charge in [0.25, 0.3) is 5.91 Å². The molecule has 2 rings (SSSR count). The van der Waals surface area contributed by atoms with Crippen LogP contribution in [0.1, 0.15) is 41.6 Å². The van der Waals surface area contributed by atoms with Crippen LogP contribution in [-0.4, -0.2) is 44.7 Å². The predicted octanol–water partition coefficient (Wildman–Crippen LogP) is 1.09. The summed E-state index contributed by atoms with van der Waals surface area (Å²) in [7, 11) is 0. The van der Waals surface area contributed by atoms with E-state index in [1.54, 1.807) is 4.90 Å². The Hall–Kier alpha value is -1.01. The lowest BCUT2D eigenvalue weighted by Gasteiger charge is -2.29. The van der Waals surface area contributed by atoms with Crippen LogP contribution < -0.4 is 0 Å². The minimum absolute atomic E-state index is 0.0257. The third-order valence-electron chi connectivity index (χ3n) is 2.92. The number of aromatic nitrogens is 2. The highest BCUT2D eigenvalue weighted by molar-refractivity contribution is 7.08. The molecule has 0 aliphatic carbocycles. The van der Waals surface area contributed by atoms with Gasteiger partial charge in [0.1, 0.15) is 4.88 Å². The second-order valence-corrected chi connectivity index (χ2v) is 5.10. The highest BCUT2D eigenvalue weighted by atomic mass is 32.1. The van der Waals surface area contributed by atoms with E-state index in [1.807, 2.05) is 0 Å². The number of aliphatic hydroxyl groups excluding tert-OH is 1. The molecule has 6 heteroatoms. The van der Waals surface area contributed by atoms with Gasteiger partial charge >= 0.3 is 0 Å². The Morgan fingerprint density at radius 1 is 1.65 bits per heavy atom. The molecule has 0 bridgehead atoms. The van der Waals surface area contributed by atoms with Crippen molar-refractivity contribution in [3.05, 3.63) is 10.6 Å². The average Bonchev–Trinajstić information content (AvgIpc) is 2.77. The minimum Gasteiger partial charge on any atom is -0.391 e. The predicted molar refractivity (Wildman–Crippen MR) is 65.0 cm³/mol. The standard InChI is InChI=1S/C11H17N3O2S/c1-2-4-9-10(17-13-12-9)11(16)14-6-3-5-8(15)7-14/h8,15H,2-7H2,1H3/t8-/m0/s1. The summed E-state index contributed by atoms with van der Waals surface area (Å²) in [6.45, 7) is 3.21. The fourth-order valence-electron chi connectivity index (χ4n) is 2.05. The number of hydrogen-bond donors (Lipinski definition) is 1. The first kappa shape index (κ1) is 12.4. The fourth-order valence-corrected chi connectivity index (χ4v) is 2.73. The Morgan fingerprint density at radius 3 is 3.18 bits per heavy atom. The SMILES string of the molecule is CCCc1nnsc1C(=O)N1CCC[C@H](O)C1.